The molecule has 2 atom stereocenters. The molecule has 0 aliphatic rings. The molecule has 0 aromatic rings. The first-order valence-electron chi connectivity index (χ1n) is 3.57. The minimum Gasteiger partial charge on any atom is -0.303 e. The summed E-state index contributed by atoms with van der Waals surface area (Å²) >= 11 is 0. The third kappa shape index (κ3) is 3.29. The van der Waals surface area contributed by atoms with Gasteiger partial charge in [0, 0.05) is 12.3 Å². The molecule has 0 heterocycles. The first-order valence-corrected chi connectivity index (χ1v) is 3.57. The Kier molecular flexibility index (Phi) is 4.66. The van der Waals surface area contributed by atoms with Crippen LogP contribution < -0.4 is 0 Å². The highest BCUT2D eigenvalue weighted by atomic mass is 16.1. The Bertz CT molecular complexity index is 150. The van der Waals surface area contributed by atoms with E-state index in [9.17, 15) is 4.79 Å². The van der Waals surface area contributed by atoms with Crippen LogP contribution in [0, 0.1) is 23.7 Å². The molecule has 0 unspecified atom stereocenters. The van der Waals surface area contributed by atoms with Gasteiger partial charge in [0.15, 0.2) is 0 Å². The SMILES string of the molecule is CC#CC[C@@H](C)[C@H](C)C=O. The van der Waals surface area contributed by atoms with Crippen LogP contribution in [0.25, 0.3) is 0 Å². The number of rotatable bonds is 3. The minimum atomic E-state index is 0.140. The lowest BCUT2D eigenvalue weighted by Gasteiger charge is -2.09. The van der Waals surface area contributed by atoms with E-state index in [4.69, 9.17) is 0 Å². The van der Waals surface area contributed by atoms with Gasteiger partial charge in [-0.2, -0.15) is 0 Å². The van der Waals surface area contributed by atoms with Gasteiger partial charge in [0.25, 0.3) is 0 Å². The van der Waals surface area contributed by atoms with Crippen LogP contribution in [0.3, 0.4) is 0 Å². The second kappa shape index (κ2) is 5.05. The molecule has 0 amide bonds. The third-order valence-electron chi connectivity index (χ3n) is 1.71. The van der Waals surface area contributed by atoms with Crippen LogP contribution in [0.1, 0.15) is 27.2 Å². The zero-order valence-corrected chi connectivity index (χ0v) is 6.85. The maximum absolute atomic E-state index is 10.3. The third-order valence-corrected chi connectivity index (χ3v) is 1.71. The fourth-order valence-electron chi connectivity index (χ4n) is 0.583. The van der Waals surface area contributed by atoms with Crippen LogP contribution in [-0.4, -0.2) is 6.29 Å². The van der Waals surface area contributed by atoms with Crippen molar-refractivity contribution in [2.45, 2.75) is 27.2 Å². The van der Waals surface area contributed by atoms with E-state index >= 15 is 0 Å². The van der Waals surface area contributed by atoms with E-state index in [1.165, 1.54) is 0 Å². The largest absolute Gasteiger partial charge is 0.303 e. The normalized spacial score (nSPS) is 14.7. The van der Waals surface area contributed by atoms with Crippen molar-refractivity contribution >= 4 is 6.29 Å². The zero-order chi connectivity index (χ0) is 7.98. The van der Waals surface area contributed by atoms with Crippen molar-refractivity contribution in [3.05, 3.63) is 0 Å². The van der Waals surface area contributed by atoms with Gasteiger partial charge in [-0.3, -0.25) is 0 Å². The van der Waals surface area contributed by atoms with Crippen LogP contribution in [-0.2, 0) is 4.79 Å². The Morgan fingerprint density at radius 2 is 2.10 bits per heavy atom. The Morgan fingerprint density at radius 3 is 2.50 bits per heavy atom. The lowest BCUT2D eigenvalue weighted by molar-refractivity contribution is -0.111. The lowest BCUT2D eigenvalue weighted by Crippen LogP contribution is -2.07. The van der Waals surface area contributed by atoms with Gasteiger partial charge >= 0.3 is 0 Å². The first-order chi connectivity index (χ1) is 4.72. The van der Waals surface area contributed by atoms with E-state index in [1.807, 2.05) is 20.8 Å². The summed E-state index contributed by atoms with van der Waals surface area (Å²) in [6, 6.07) is 0. The van der Waals surface area contributed by atoms with Gasteiger partial charge < -0.3 is 4.79 Å². The molecule has 0 aromatic heterocycles. The molecule has 0 aliphatic heterocycles. The van der Waals surface area contributed by atoms with Gasteiger partial charge in [-0.25, -0.2) is 0 Å². The summed E-state index contributed by atoms with van der Waals surface area (Å²) in [6.07, 6.45) is 1.82. The van der Waals surface area contributed by atoms with Crippen molar-refractivity contribution in [1.29, 1.82) is 0 Å². The molecule has 0 aliphatic carbocycles. The molecular formula is C9H14O. The average molecular weight is 138 g/mol. The van der Waals surface area contributed by atoms with E-state index in [-0.39, 0.29) is 5.92 Å². The van der Waals surface area contributed by atoms with Crippen LogP contribution in [0.5, 0.6) is 0 Å². The summed E-state index contributed by atoms with van der Waals surface area (Å²) in [5, 5.41) is 0. The van der Waals surface area contributed by atoms with Crippen molar-refractivity contribution in [3.63, 3.8) is 0 Å². The average Bonchev–Trinajstić information content (AvgIpc) is 1.98. The molecule has 0 radical (unpaired) electrons. The predicted molar refractivity (Wildman–Crippen MR) is 42.5 cm³/mol. The second-order valence-corrected chi connectivity index (χ2v) is 2.60. The van der Waals surface area contributed by atoms with E-state index in [2.05, 4.69) is 11.8 Å². The number of carbonyl (C=O) groups excluding carboxylic acids is 1. The molecule has 0 saturated heterocycles. The Morgan fingerprint density at radius 1 is 1.50 bits per heavy atom. The van der Waals surface area contributed by atoms with E-state index in [1.54, 1.807) is 0 Å². The highest BCUT2D eigenvalue weighted by molar-refractivity contribution is 5.53. The van der Waals surface area contributed by atoms with Crippen LogP contribution in [0.2, 0.25) is 0 Å². The topological polar surface area (TPSA) is 17.1 Å². The number of carbonyl (C=O) groups is 1. The van der Waals surface area contributed by atoms with Crippen molar-refractivity contribution in [2.75, 3.05) is 0 Å². The lowest BCUT2D eigenvalue weighted by atomic mass is 9.95. The quantitative estimate of drug-likeness (QED) is 0.430. The molecule has 0 bridgehead atoms. The summed E-state index contributed by atoms with van der Waals surface area (Å²) in [6.45, 7) is 5.79. The molecule has 1 heteroatoms. The maximum Gasteiger partial charge on any atom is 0.123 e. The molecular weight excluding hydrogens is 124 g/mol. The summed E-state index contributed by atoms with van der Waals surface area (Å²) in [7, 11) is 0. The van der Waals surface area contributed by atoms with Crippen molar-refractivity contribution < 1.29 is 4.79 Å². The highest BCUT2D eigenvalue weighted by Gasteiger charge is 2.08. The maximum atomic E-state index is 10.3. The molecule has 0 fully saturated rings. The van der Waals surface area contributed by atoms with E-state index in [0.29, 0.717) is 5.92 Å². The Balaban J connectivity index is 3.67. The number of hydrogen-bond acceptors (Lipinski definition) is 1. The van der Waals surface area contributed by atoms with Gasteiger partial charge in [-0.15, -0.1) is 11.8 Å². The van der Waals surface area contributed by atoms with E-state index < -0.39 is 0 Å². The molecule has 0 N–H and O–H groups in total. The minimum absolute atomic E-state index is 0.140. The molecule has 10 heavy (non-hydrogen) atoms. The molecule has 0 rings (SSSR count). The Hall–Kier alpha value is -0.770. The van der Waals surface area contributed by atoms with E-state index in [0.717, 1.165) is 12.7 Å². The van der Waals surface area contributed by atoms with Crippen LogP contribution >= 0.6 is 0 Å². The zero-order valence-electron chi connectivity index (χ0n) is 6.85. The molecule has 56 valence electrons. The summed E-state index contributed by atoms with van der Waals surface area (Å²) < 4.78 is 0. The van der Waals surface area contributed by atoms with Gasteiger partial charge in [-0.1, -0.05) is 13.8 Å². The van der Waals surface area contributed by atoms with Gasteiger partial charge in [0.1, 0.15) is 6.29 Å². The van der Waals surface area contributed by atoms with Gasteiger partial charge in [0.2, 0.25) is 0 Å². The Labute approximate surface area is 62.8 Å². The number of hydrogen-bond donors (Lipinski definition) is 0. The highest BCUT2D eigenvalue weighted by Crippen LogP contribution is 2.10. The molecule has 0 saturated carbocycles. The fourth-order valence-corrected chi connectivity index (χ4v) is 0.583. The van der Waals surface area contributed by atoms with Crippen LogP contribution in [0.4, 0.5) is 0 Å². The predicted octanol–water partition coefficient (Wildman–Crippen LogP) is 1.87. The summed E-state index contributed by atoms with van der Waals surface area (Å²) in [5.41, 5.74) is 0. The monoisotopic (exact) mass is 138 g/mol. The summed E-state index contributed by atoms with van der Waals surface area (Å²) in [5.74, 6) is 6.30. The van der Waals surface area contributed by atoms with Crippen molar-refractivity contribution in [1.82, 2.24) is 0 Å². The smallest absolute Gasteiger partial charge is 0.123 e. The van der Waals surface area contributed by atoms with Gasteiger partial charge in [-0.05, 0) is 12.8 Å². The summed E-state index contributed by atoms with van der Waals surface area (Å²) in [4.78, 5) is 10.3. The second-order valence-electron chi connectivity index (χ2n) is 2.60. The molecule has 0 aromatic carbocycles. The molecule has 1 nitrogen and oxygen atoms in total. The first kappa shape index (κ1) is 9.23. The number of aldehydes is 1. The standard InChI is InChI=1S/C9H14O/c1-4-5-6-8(2)9(3)7-10/h7-9H,6H2,1-3H3/t8-,9-/m1/s1. The van der Waals surface area contributed by atoms with Crippen molar-refractivity contribution in [3.8, 4) is 11.8 Å². The van der Waals surface area contributed by atoms with Crippen LogP contribution in [0.15, 0.2) is 0 Å². The van der Waals surface area contributed by atoms with Gasteiger partial charge in [0.05, 0.1) is 0 Å². The fraction of sp³-hybridized carbons (Fsp3) is 0.667. The molecule has 0 spiro atoms. The van der Waals surface area contributed by atoms with Crippen molar-refractivity contribution in [2.24, 2.45) is 11.8 Å².